The summed E-state index contributed by atoms with van der Waals surface area (Å²) in [6.07, 6.45) is 1.40. The molecule has 0 aromatic heterocycles. The van der Waals surface area contributed by atoms with E-state index in [1.807, 2.05) is 19.9 Å². The van der Waals surface area contributed by atoms with Crippen molar-refractivity contribution in [2.24, 2.45) is 0 Å². The molecule has 1 aliphatic rings. The number of sulfonamides is 1. The number of aryl methyl sites for hydroxylation is 2. The summed E-state index contributed by atoms with van der Waals surface area (Å²) in [5.41, 5.74) is 0.341. The number of nitrogens with one attached hydrogen (secondary N) is 1. The van der Waals surface area contributed by atoms with Crippen LogP contribution in [0.15, 0.2) is 23.1 Å². The first kappa shape index (κ1) is 14.0. The fraction of sp³-hybridized carbons (Fsp3) is 0.462. The van der Waals surface area contributed by atoms with Crippen LogP contribution in [0, 0.1) is 13.8 Å². The van der Waals surface area contributed by atoms with Crippen molar-refractivity contribution in [3.05, 3.63) is 29.3 Å². The summed E-state index contributed by atoms with van der Waals surface area (Å²) < 4.78 is 26.9. The standard InChI is InChI=1S/C13H17NO4S/c1-9-6-10(2)8-11(7-9)19(17,18)14-13(12(15)16)4-3-5-13/h6-8,14H,3-5H2,1-2H3,(H,15,16). The lowest BCUT2D eigenvalue weighted by atomic mass is 9.78. The normalized spacial score (nSPS) is 17.8. The fourth-order valence-corrected chi connectivity index (χ4v) is 3.90. The lowest BCUT2D eigenvalue weighted by molar-refractivity contribution is -0.147. The van der Waals surface area contributed by atoms with Crippen molar-refractivity contribution in [2.75, 3.05) is 0 Å². The maximum atomic E-state index is 12.3. The minimum absolute atomic E-state index is 0.123. The topological polar surface area (TPSA) is 83.5 Å². The van der Waals surface area contributed by atoms with Crippen LogP contribution in [-0.4, -0.2) is 25.0 Å². The number of aliphatic carboxylic acids is 1. The summed E-state index contributed by atoms with van der Waals surface area (Å²) in [6.45, 7) is 3.62. The minimum Gasteiger partial charge on any atom is -0.480 e. The molecule has 0 atom stereocenters. The molecule has 0 radical (unpaired) electrons. The first-order valence-corrected chi connectivity index (χ1v) is 7.59. The first-order chi connectivity index (χ1) is 8.75. The highest BCUT2D eigenvalue weighted by Gasteiger charge is 2.47. The Morgan fingerprint density at radius 1 is 1.21 bits per heavy atom. The third-order valence-electron chi connectivity index (χ3n) is 3.45. The second-order valence-corrected chi connectivity index (χ2v) is 6.85. The van der Waals surface area contributed by atoms with Crippen molar-refractivity contribution in [2.45, 2.75) is 43.5 Å². The van der Waals surface area contributed by atoms with Gasteiger partial charge in [-0.3, -0.25) is 4.79 Å². The predicted molar refractivity (Wildman–Crippen MR) is 70.5 cm³/mol. The molecule has 1 saturated carbocycles. The van der Waals surface area contributed by atoms with E-state index in [-0.39, 0.29) is 4.90 Å². The number of carbonyl (C=O) groups is 1. The van der Waals surface area contributed by atoms with Gasteiger partial charge in [-0.1, -0.05) is 6.07 Å². The van der Waals surface area contributed by atoms with Gasteiger partial charge in [0.2, 0.25) is 10.0 Å². The zero-order valence-corrected chi connectivity index (χ0v) is 11.8. The SMILES string of the molecule is Cc1cc(C)cc(S(=O)(=O)NC2(C(=O)O)CCC2)c1. The van der Waals surface area contributed by atoms with Gasteiger partial charge in [-0.2, -0.15) is 4.72 Å². The van der Waals surface area contributed by atoms with Crippen LogP contribution in [0.1, 0.15) is 30.4 Å². The Morgan fingerprint density at radius 2 is 1.74 bits per heavy atom. The highest BCUT2D eigenvalue weighted by Crippen LogP contribution is 2.33. The van der Waals surface area contributed by atoms with Crippen molar-refractivity contribution in [1.82, 2.24) is 4.72 Å². The molecule has 2 N–H and O–H groups in total. The van der Waals surface area contributed by atoms with E-state index in [4.69, 9.17) is 0 Å². The van der Waals surface area contributed by atoms with E-state index in [2.05, 4.69) is 4.72 Å². The Balaban J connectivity index is 2.35. The largest absolute Gasteiger partial charge is 0.480 e. The van der Waals surface area contributed by atoms with Gasteiger partial charge in [0.1, 0.15) is 5.54 Å². The van der Waals surface area contributed by atoms with Gasteiger partial charge >= 0.3 is 5.97 Å². The zero-order valence-electron chi connectivity index (χ0n) is 10.9. The van der Waals surface area contributed by atoms with Crippen LogP contribution in [-0.2, 0) is 14.8 Å². The Kier molecular flexibility index (Phi) is 3.40. The monoisotopic (exact) mass is 283 g/mol. The van der Waals surface area contributed by atoms with Crippen molar-refractivity contribution >= 4 is 16.0 Å². The second-order valence-electron chi connectivity index (χ2n) is 5.17. The summed E-state index contributed by atoms with van der Waals surface area (Å²) in [4.78, 5) is 11.3. The van der Waals surface area contributed by atoms with Gasteiger partial charge < -0.3 is 5.11 Å². The molecule has 0 unspecified atom stereocenters. The first-order valence-electron chi connectivity index (χ1n) is 6.11. The van der Waals surface area contributed by atoms with E-state index in [1.54, 1.807) is 12.1 Å². The molecule has 5 nitrogen and oxygen atoms in total. The smallest absolute Gasteiger partial charge is 0.324 e. The third-order valence-corrected chi connectivity index (χ3v) is 4.97. The van der Waals surface area contributed by atoms with Crippen LogP contribution >= 0.6 is 0 Å². The van der Waals surface area contributed by atoms with E-state index in [9.17, 15) is 18.3 Å². The Hall–Kier alpha value is -1.40. The Morgan fingerprint density at radius 3 is 2.11 bits per heavy atom. The summed E-state index contributed by atoms with van der Waals surface area (Å²) in [5.74, 6) is -1.10. The maximum absolute atomic E-state index is 12.3. The van der Waals surface area contributed by atoms with Crippen molar-refractivity contribution in [1.29, 1.82) is 0 Å². The number of benzene rings is 1. The van der Waals surface area contributed by atoms with Gasteiger partial charge in [-0.25, -0.2) is 8.42 Å². The number of rotatable bonds is 4. The molecular formula is C13H17NO4S. The van der Waals surface area contributed by atoms with Crippen molar-refractivity contribution in [3.8, 4) is 0 Å². The van der Waals surface area contributed by atoms with Gasteiger partial charge in [-0.05, 0) is 56.4 Å². The molecule has 2 rings (SSSR count). The lowest BCUT2D eigenvalue weighted by Gasteiger charge is -2.37. The van der Waals surface area contributed by atoms with Crippen LogP contribution in [0.5, 0.6) is 0 Å². The van der Waals surface area contributed by atoms with Gasteiger partial charge in [0.25, 0.3) is 0 Å². The molecule has 0 spiro atoms. The minimum atomic E-state index is -3.80. The van der Waals surface area contributed by atoms with Crippen LogP contribution < -0.4 is 4.72 Å². The summed E-state index contributed by atoms with van der Waals surface area (Å²) in [5, 5.41) is 9.18. The molecule has 104 valence electrons. The van der Waals surface area contributed by atoms with Gasteiger partial charge in [0, 0.05) is 0 Å². The Bertz CT molecular complexity index is 597. The summed E-state index contributed by atoms with van der Waals surface area (Å²) in [7, 11) is -3.80. The van der Waals surface area contributed by atoms with E-state index in [1.165, 1.54) is 0 Å². The predicted octanol–water partition coefficient (Wildman–Crippen LogP) is 1.59. The number of carboxylic acid groups (broad SMARTS) is 1. The van der Waals surface area contributed by atoms with Crippen molar-refractivity contribution < 1.29 is 18.3 Å². The lowest BCUT2D eigenvalue weighted by Crippen LogP contribution is -2.58. The maximum Gasteiger partial charge on any atom is 0.324 e. The second kappa shape index (κ2) is 4.61. The molecule has 0 aliphatic heterocycles. The van der Waals surface area contributed by atoms with Gasteiger partial charge in [-0.15, -0.1) is 0 Å². The Labute approximate surface area is 112 Å². The van der Waals surface area contributed by atoms with Gasteiger partial charge in [0.15, 0.2) is 0 Å². The van der Waals surface area contributed by atoms with Gasteiger partial charge in [0.05, 0.1) is 4.90 Å². The molecule has 1 aromatic rings. The molecule has 6 heteroatoms. The molecular weight excluding hydrogens is 266 g/mol. The van der Waals surface area contributed by atoms with Crippen LogP contribution in [0.3, 0.4) is 0 Å². The van der Waals surface area contributed by atoms with Crippen LogP contribution in [0.4, 0.5) is 0 Å². The third kappa shape index (κ3) is 2.64. The summed E-state index contributed by atoms with van der Waals surface area (Å²) >= 11 is 0. The molecule has 1 aromatic carbocycles. The molecule has 0 saturated heterocycles. The molecule has 0 amide bonds. The average molecular weight is 283 g/mol. The van der Waals surface area contributed by atoms with E-state index in [0.29, 0.717) is 12.8 Å². The highest BCUT2D eigenvalue weighted by atomic mass is 32.2. The highest BCUT2D eigenvalue weighted by molar-refractivity contribution is 7.89. The quantitative estimate of drug-likeness (QED) is 0.879. The molecule has 1 fully saturated rings. The molecule has 0 bridgehead atoms. The van der Waals surface area contributed by atoms with Crippen molar-refractivity contribution in [3.63, 3.8) is 0 Å². The summed E-state index contributed by atoms with van der Waals surface area (Å²) in [6, 6.07) is 4.96. The zero-order chi connectivity index (χ0) is 14.3. The van der Waals surface area contributed by atoms with Crippen LogP contribution in [0.2, 0.25) is 0 Å². The van der Waals surface area contributed by atoms with Crippen LogP contribution in [0.25, 0.3) is 0 Å². The van der Waals surface area contributed by atoms with E-state index in [0.717, 1.165) is 17.5 Å². The molecule has 0 heterocycles. The molecule has 19 heavy (non-hydrogen) atoms. The fourth-order valence-electron chi connectivity index (χ4n) is 2.29. The number of carboxylic acids is 1. The van der Waals surface area contributed by atoms with E-state index >= 15 is 0 Å². The molecule has 1 aliphatic carbocycles. The average Bonchev–Trinajstić information content (AvgIpc) is 2.21. The number of hydrogen-bond acceptors (Lipinski definition) is 3. The van der Waals surface area contributed by atoms with E-state index < -0.39 is 21.5 Å². The number of hydrogen-bond donors (Lipinski definition) is 2.